The number of amides is 2. The molecule has 196 valence electrons. The molecule has 0 unspecified atom stereocenters. The summed E-state index contributed by atoms with van der Waals surface area (Å²) in [4.78, 5) is 48.4. The van der Waals surface area contributed by atoms with Crippen molar-refractivity contribution in [3.63, 3.8) is 0 Å². The van der Waals surface area contributed by atoms with Crippen LogP contribution in [0.1, 0.15) is 67.9 Å². The maximum Gasteiger partial charge on any atom is 0.440 e. The van der Waals surface area contributed by atoms with Crippen molar-refractivity contribution >= 4 is 32.0 Å². The topological polar surface area (TPSA) is 109 Å². The van der Waals surface area contributed by atoms with Crippen LogP contribution in [0.15, 0.2) is 18.3 Å². The number of aromatic nitrogens is 1. The highest BCUT2D eigenvalue weighted by atomic mass is 28.3. The van der Waals surface area contributed by atoms with Crippen molar-refractivity contribution < 1.29 is 29.1 Å². The number of hydroxylamine groups is 1. The van der Waals surface area contributed by atoms with Gasteiger partial charge in [-0.25, -0.2) is 14.6 Å². The Kier molecular flexibility index (Phi) is 7.84. The number of hydrogen-bond acceptors (Lipinski definition) is 6. The Bertz CT molecular complexity index is 975. The van der Waals surface area contributed by atoms with E-state index in [1.165, 1.54) is 6.20 Å². The van der Waals surface area contributed by atoms with Gasteiger partial charge in [0.25, 0.3) is 0 Å². The van der Waals surface area contributed by atoms with Gasteiger partial charge in [0.15, 0.2) is 14.1 Å². The molecule has 0 spiro atoms. The van der Waals surface area contributed by atoms with Crippen LogP contribution in [0.4, 0.5) is 10.6 Å². The first-order valence-corrected chi connectivity index (χ1v) is 14.8. The van der Waals surface area contributed by atoms with Gasteiger partial charge in [-0.2, -0.15) is 0 Å². The van der Waals surface area contributed by atoms with E-state index in [1.54, 1.807) is 58.2 Å². The van der Waals surface area contributed by atoms with Gasteiger partial charge in [0.2, 0.25) is 5.91 Å². The summed E-state index contributed by atoms with van der Waals surface area (Å²) in [7, 11) is -2.36. The van der Waals surface area contributed by atoms with E-state index in [9.17, 15) is 19.5 Å². The lowest BCUT2D eigenvalue weighted by Crippen LogP contribution is -2.75. The second-order valence-corrected chi connectivity index (χ2v) is 17.7. The van der Waals surface area contributed by atoms with Crippen molar-refractivity contribution in [2.75, 3.05) is 5.06 Å². The van der Waals surface area contributed by atoms with Gasteiger partial charge in [-0.3, -0.25) is 9.63 Å². The van der Waals surface area contributed by atoms with Gasteiger partial charge in [-0.15, -0.1) is 5.06 Å². The first kappa shape index (κ1) is 28.8. The highest BCUT2D eigenvalue weighted by Crippen LogP contribution is 2.45. The van der Waals surface area contributed by atoms with Crippen LogP contribution in [0.25, 0.3) is 0 Å². The van der Waals surface area contributed by atoms with Gasteiger partial charge in [0, 0.05) is 6.20 Å². The molecule has 2 amide bonds. The van der Waals surface area contributed by atoms with E-state index in [0.29, 0.717) is 5.56 Å². The molecule has 10 heteroatoms. The number of carbonyl (C=O) groups is 3. The standard InChI is InChI=1S/C25H41N3O6Si/c1-23(2,3)33-22(32)27(34-24(4,5)6)18-15-16(12-13-26-18)14-17-19(21(30)31)28(20(17)29)35(10,11)25(7,8)9/h12-13,15,17,19H,14H2,1-11H3,(H,30,31)/t17-,19+/m1/s1. The number of carbonyl (C=O) groups excluding carboxylic acids is 2. The monoisotopic (exact) mass is 507 g/mol. The van der Waals surface area contributed by atoms with E-state index in [4.69, 9.17) is 9.57 Å². The third-order valence-corrected chi connectivity index (χ3v) is 11.7. The minimum Gasteiger partial charge on any atom is -0.480 e. The van der Waals surface area contributed by atoms with Crippen molar-refractivity contribution in [3.8, 4) is 0 Å². The van der Waals surface area contributed by atoms with Gasteiger partial charge in [-0.05, 0) is 70.7 Å². The minimum absolute atomic E-state index is 0.141. The molecule has 1 aliphatic rings. The zero-order chi connectivity index (χ0) is 27.1. The molecule has 9 nitrogen and oxygen atoms in total. The molecule has 1 aliphatic heterocycles. The third-order valence-electron chi connectivity index (χ3n) is 6.30. The largest absolute Gasteiger partial charge is 0.480 e. The number of pyridine rings is 1. The van der Waals surface area contributed by atoms with E-state index in [0.717, 1.165) is 5.06 Å². The zero-order valence-electron chi connectivity index (χ0n) is 22.9. The SMILES string of the molecule is CC(C)(C)OC(=O)N(OC(C)(C)C)c1cc(C[C@H]2C(=O)N([Si](C)(C)C(C)(C)C)[C@@H]2C(=O)O)ccn1. The summed E-state index contributed by atoms with van der Waals surface area (Å²) in [6.07, 6.45) is 1.01. The van der Waals surface area contributed by atoms with E-state index >= 15 is 0 Å². The predicted octanol–water partition coefficient (Wildman–Crippen LogP) is 5.01. The Labute approximate surface area is 209 Å². The molecule has 1 saturated heterocycles. The highest BCUT2D eigenvalue weighted by molar-refractivity contribution is 6.80. The van der Waals surface area contributed by atoms with Gasteiger partial charge < -0.3 is 14.4 Å². The maximum atomic E-state index is 13.2. The first-order chi connectivity index (χ1) is 15.7. The highest BCUT2D eigenvalue weighted by Gasteiger charge is 2.59. The molecule has 0 aromatic carbocycles. The van der Waals surface area contributed by atoms with E-state index in [1.807, 2.05) is 33.9 Å². The molecule has 0 saturated carbocycles. The molecule has 0 aliphatic carbocycles. The Morgan fingerprint density at radius 1 is 1.09 bits per heavy atom. The summed E-state index contributed by atoms with van der Waals surface area (Å²) in [5.41, 5.74) is -0.772. The number of aliphatic carboxylic acids is 1. The number of rotatable bonds is 6. The summed E-state index contributed by atoms with van der Waals surface area (Å²) < 4.78 is 7.11. The second-order valence-electron chi connectivity index (χ2n) is 12.6. The van der Waals surface area contributed by atoms with Crippen LogP contribution in [-0.2, 0) is 25.6 Å². The van der Waals surface area contributed by atoms with Crippen molar-refractivity contribution in [1.82, 2.24) is 9.55 Å². The molecule has 1 N–H and O–H groups in total. The summed E-state index contributed by atoms with van der Waals surface area (Å²) in [6.45, 7) is 20.9. The molecule has 35 heavy (non-hydrogen) atoms. The number of carboxylic acid groups (broad SMARTS) is 1. The number of nitrogens with zero attached hydrogens (tertiary/aromatic N) is 3. The summed E-state index contributed by atoms with van der Waals surface area (Å²) in [5, 5.41) is 10.8. The first-order valence-electron chi connectivity index (χ1n) is 11.9. The number of hydrogen-bond donors (Lipinski definition) is 1. The number of ether oxygens (including phenoxy) is 1. The van der Waals surface area contributed by atoms with Crippen LogP contribution in [0.3, 0.4) is 0 Å². The van der Waals surface area contributed by atoms with E-state index < -0.39 is 43.5 Å². The Balaban J connectivity index is 2.35. The maximum absolute atomic E-state index is 13.2. The van der Waals surface area contributed by atoms with Gasteiger partial charge in [0.1, 0.15) is 11.6 Å². The molecule has 0 bridgehead atoms. The predicted molar refractivity (Wildman–Crippen MR) is 136 cm³/mol. The number of β-lactam (4-membered cyclic amide) rings is 1. The normalized spacial score (nSPS) is 19.3. The molecule has 2 rings (SSSR count). The van der Waals surface area contributed by atoms with Gasteiger partial charge in [0.05, 0.1) is 11.5 Å². The van der Waals surface area contributed by atoms with Crippen molar-refractivity contribution in [2.45, 2.75) is 104 Å². The molecule has 2 atom stereocenters. The van der Waals surface area contributed by atoms with Crippen molar-refractivity contribution in [1.29, 1.82) is 0 Å². The Morgan fingerprint density at radius 3 is 2.11 bits per heavy atom. The molecular formula is C25H41N3O6Si. The molecule has 1 aromatic heterocycles. The van der Waals surface area contributed by atoms with Crippen molar-refractivity contribution in [3.05, 3.63) is 23.9 Å². The molecule has 1 fully saturated rings. The smallest absolute Gasteiger partial charge is 0.440 e. The Hall–Kier alpha value is -2.46. The molecule has 2 heterocycles. The summed E-state index contributed by atoms with van der Waals surface area (Å²) in [5.74, 6) is -1.63. The lowest BCUT2D eigenvalue weighted by molar-refractivity contribution is -0.163. The average Bonchev–Trinajstić information content (AvgIpc) is 2.64. The average molecular weight is 508 g/mol. The van der Waals surface area contributed by atoms with Crippen LogP contribution >= 0.6 is 0 Å². The van der Waals surface area contributed by atoms with Crippen LogP contribution < -0.4 is 5.06 Å². The van der Waals surface area contributed by atoms with E-state index in [2.05, 4.69) is 4.98 Å². The molecule has 0 radical (unpaired) electrons. The van der Waals surface area contributed by atoms with Gasteiger partial charge in [-0.1, -0.05) is 33.9 Å². The zero-order valence-corrected chi connectivity index (χ0v) is 23.9. The van der Waals surface area contributed by atoms with Crippen LogP contribution in [-0.4, -0.2) is 58.1 Å². The van der Waals surface area contributed by atoms with Crippen LogP contribution in [0.5, 0.6) is 0 Å². The van der Waals surface area contributed by atoms with Crippen molar-refractivity contribution in [2.24, 2.45) is 5.92 Å². The second kappa shape index (κ2) is 9.53. The number of anilines is 1. The summed E-state index contributed by atoms with van der Waals surface area (Å²) >= 11 is 0. The lowest BCUT2D eigenvalue weighted by Gasteiger charge is -2.56. The fraction of sp³-hybridized carbons (Fsp3) is 0.680. The van der Waals surface area contributed by atoms with Crippen LogP contribution in [0, 0.1) is 5.92 Å². The lowest BCUT2D eigenvalue weighted by atomic mass is 9.85. The summed E-state index contributed by atoms with van der Waals surface area (Å²) in [6, 6.07) is 2.47. The molecular weight excluding hydrogens is 466 g/mol. The fourth-order valence-electron chi connectivity index (χ4n) is 3.72. The number of carboxylic acids is 1. The van der Waals surface area contributed by atoms with Gasteiger partial charge >= 0.3 is 12.1 Å². The van der Waals surface area contributed by atoms with Crippen LogP contribution in [0.2, 0.25) is 18.1 Å². The quantitative estimate of drug-likeness (QED) is 0.327. The molecule has 1 aromatic rings. The third kappa shape index (κ3) is 6.61. The minimum atomic E-state index is -2.36. The fourth-order valence-corrected chi connectivity index (χ4v) is 6.15. The van der Waals surface area contributed by atoms with E-state index in [-0.39, 0.29) is 23.2 Å². The Morgan fingerprint density at radius 2 is 1.66 bits per heavy atom.